The molecule has 2 aromatic carbocycles. The van der Waals surface area contributed by atoms with Crippen molar-refractivity contribution in [2.24, 2.45) is 4.99 Å². The Bertz CT molecular complexity index is 912. The summed E-state index contributed by atoms with van der Waals surface area (Å²) in [5.41, 5.74) is 0.896. The second-order valence-corrected chi connectivity index (χ2v) is 6.78. The molecular formula is C17H14N4O5S. The number of aromatic hydroxyl groups is 1. The fraction of sp³-hybridized carbons (Fsp3) is 0.118. The van der Waals surface area contributed by atoms with Gasteiger partial charge in [0, 0.05) is 24.2 Å². The second kappa shape index (κ2) is 7.87. The minimum absolute atomic E-state index is 0.0674. The van der Waals surface area contributed by atoms with E-state index >= 15 is 0 Å². The van der Waals surface area contributed by atoms with E-state index in [1.807, 2.05) is 0 Å². The quantitative estimate of drug-likeness (QED) is 0.534. The Morgan fingerprint density at radius 1 is 1.22 bits per heavy atom. The third kappa shape index (κ3) is 4.82. The Labute approximate surface area is 157 Å². The van der Waals surface area contributed by atoms with Crippen LogP contribution in [0.25, 0.3) is 0 Å². The van der Waals surface area contributed by atoms with E-state index < -0.39 is 10.2 Å². The number of phenols is 1. The third-order valence-corrected chi connectivity index (χ3v) is 4.67. The van der Waals surface area contributed by atoms with Crippen LogP contribution in [-0.2, 0) is 9.59 Å². The lowest BCUT2D eigenvalue weighted by molar-refractivity contribution is -0.384. The molecule has 1 saturated heterocycles. The number of carbonyl (C=O) groups excluding carboxylic acids is 2. The molecule has 0 saturated carbocycles. The fourth-order valence-electron chi connectivity index (χ4n) is 2.28. The molecule has 3 rings (SSSR count). The number of non-ortho nitro benzene ring substituents is 1. The summed E-state index contributed by atoms with van der Waals surface area (Å²) in [6.07, 6.45) is -0.0674. The van der Waals surface area contributed by atoms with E-state index in [9.17, 15) is 24.8 Å². The third-order valence-electron chi connectivity index (χ3n) is 3.59. The van der Waals surface area contributed by atoms with E-state index in [1.165, 1.54) is 36.4 Å². The van der Waals surface area contributed by atoms with Crippen LogP contribution in [0.1, 0.15) is 6.42 Å². The maximum Gasteiger partial charge on any atom is 0.269 e. The molecule has 1 atom stereocenters. The van der Waals surface area contributed by atoms with Crippen LogP contribution in [0.5, 0.6) is 5.75 Å². The number of amides is 2. The highest BCUT2D eigenvalue weighted by Gasteiger charge is 2.32. The van der Waals surface area contributed by atoms with Gasteiger partial charge in [0.05, 0.1) is 10.6 Å². The first-order valence-electron chi connectivity index (χ1n) is 7.80. The summed E-state index contributed by atoms with van der Waals surface area (Å²) >= 11 is 1.14. The molecule has 1 unspecified atom stereocenters. The van der Waals surface area contributed by atoms with Crippen molar-refractivity contribution >= 4 is 45.8 Å². The molecule has 9 nitrogen and oxygen atoms in total. The number of amidine groups is 1. The number of benzene rings is 2. The average Bonchev–Trinajstić information content (AvgIpc) is 2.96. The molecule has 0 radical (unpaired) electrons. The first kappa shape index (κ1) is 18.4. The molecule has 2 amide bonds. The highest BCUT2D eigenvalue weighted by atomic mass is 32.2. The maximum atomic E-state index is 12.1. The van der Waals surface area contributed by atoms with E-state index in [2.05, 4.69) is 15.6 Å². The molecule has 0 bridgehead atoms. The second-order valence-electron chi connectivity index (χ2n) is 5.59. The van der Waals surface area contributed by atoms with Crippen LogP contribution in [0.2, 0.25) is 0 Å². The number of aliphatic imine (C=N–C) groups is 1. The standard InChI is InChI=1S/C17H14N4O5S/c22-13-7-3-11(4-8-13)19-17-20-16(24)14(27-17)9-15(23)18-10-1-5-12(6-2-10)21(25)26/h1-8,14,22H,9H2,(H,18,23)(H,19,20,24). The lowest BCUT2D eigenvalue weighted by atomic mass is 10.2. The summed E-state index contributed by atoms with van der Waals surface area (Å²) in [6, 6.07) is 11.6. The van der Waals surface area contributed by atoms with Crippen molar-refractivity contribution in [1.82, 2.24) is 5.32 Å². The molecule has 1 heterocycles. The van der Waals surface area contributed by atoms with Crippen molar-refractivity contribution in [3.8, 4) is 5.75 Å². The van der Waals surface area contributed by atoms with Gasteiger partial charge >= 0.3 is 0 Å². The number of thioether (sulfide) groups is 1. The Hall–Kier alpha value is -3.40. The van der Waals surface area contributed by atoms with Gasteiger partial charge in [0.1, 0.15) is 11.0 Å². The van der Waals surface area contributed by atoms with Crippen molar-refractivity contribution in [1.29, 1.82) is 0 Å². The molecule has 1 aliphatic heterocycles. The summed E-state index contributed by atoms with van der Waals surface area (Å²) in [7, 11) is 0. The number of rotatable bonds is 5. The molecule has 0 aromatic heterocycles. The minimum Gasteiger partial charge on any atom is -0.508 e. The highest BCUT2D eigenvalue weighted by Crippen LogP contribution is 2.26. The fourth-order valence-corrected chi connectivity index (χ4v) is 3.27. The summed E-state index contributed by atoms with van der Waals surface area (Å²) in [5.74, 6) is -0.596. The Balaban J connectivity index is 1.58. The predicted octanol–water partition coefficient (Wildman–Crippen LogP) is 2.55. The first-order chi connectivity index (χ1) is 12.9. The van der Waals surface area contributed by atoms with E-state index in [0.717, 1.165) is 11.8 Å². The van der Waals surface area contributed by atoms with Crippen molar-refractivity contribution in [2.45, 2.75) is 11.7 Å². The number of nitro groups is 1. The molecule has 27 heavy (non-hydrogen) atoms. The van der Waals surface area contributed by atoms with Gasteiger partial charge in [-0.05, 0) is 36.4 Å². The molecular weight excluding hydrogens is 372 g/mol. The van der Waals surface area contributed by atoms with Crippen LogP contribution in [0.3, 0.4) is 0 Å². The molecule has 2 aromatic rings. The minimum atomic E-state index is -0.626. The molecule has 138 valence electrons. The van der Waals surface area contributed by atoms with Gasteiger partial charge < -0.3 is 15.7 Å². The molecule has 1 fully saturated rings. The molecule has 3 N–H and O–H groups in total. The smallest absolute Gasteiger partial charge is 0.269 e. The van der Waals surface area contributed by atoms with Gasteiger partial charge in [-0.3, -0.25) is 19.7 Å². The van der Waals surface area contributed by atoms with Crippen LogP contribution in [0, 0.1) is 10.1 Å². The largest absolute Gasteiger partial charge is 0.508 e. The zero-order chi connectivity index (χ0) is 19.4. The van der Waals surface area contributed by atoms with Gasteiger partial charge in [0.15, 0.2) is 5.17 Å². The Morgan fingerprint density at radius 2 is 1.89 bits per heavy atom. The van der Waals surface area contributed by atoms with Crippen LogP contribution in [0.15, 0.2) is 53.5 Å². The van der Waals surface area contributed by atoms with E-state index in [4.69, 9.17) is 0 Å². The van der Waals surface area contributed by atoms with E-state index in [-0.39, 0.29) is 29.7 Å². The van der Waals surface area contributed by atoms with Gasteiger partial charge in [-0.1, -0.05) is 11.8 Å². The van der Waals surface area contributed by atoms with Crippen molar-refractivity contribution in [3.05, 3.63) is 58.6 Å². The monoisotopic (exact) mass is 386 g/mol. The van der Waals surface area contributed by atoms with Gasteiger partial charge in [-0.25, -0.2) is 4.99 Å². The maximum absolute atomic E-state index is 12.1. The molecule has 10 heteroatoms. The average molecular weight is 386 g/mol. The number of nitrogens with zero attached hydrogens (tertiary/aromatic N) is 2. The SMILES string of the molecule is O=C(CC1SC(=Nc2ccc(O)cc2)NC1=O)Nc1ccc([N+](=O)[O-])cc1. The number of hydrogen-bond donors (Lipinski definition) is 3. The van der Waals surface area contributed by atoms with Gasteiger partial charge in [-0.15, -0.1) is 0 Å². The zero-order valence-corrected chi connectivity index (χ0v) is 14.6. The van der Waals surface area contributed by atoms with E-state index in [0.29, 0.717) is 16.5 Å². The van der Waals surface area contributed by atoms with Crippen LogP contribution < -0.4 is 10.6 Å². The molecule has 0 spiro atoms. The van der Waals surface area contributed by atoms with Crippen LogP contribution in [0.4, 0.5) is 17.1 Å². The van der Waals surface area contributed by atoms with Gasteiger partial charge in [0.2, 0.25) is 11.8 Å². The van der Waals surface area contributed by atoms with Crippen molar-refractivity contribution in [3.63, 3.8) is 0 Å². The number of nitro benzene ring substituents is 1. The Morgan fingerprint density at radius 3 is 2.52 bits per heavy atom. The topological polar surface area (TPSA) is 134 Å². The lowest BCUT2D eigenvalue weighted by Crippen LogP contribution is -2.28. The van der Waals surface area contributed by atoms with Crippen molar-refractivity contribution in [2.75, 3.05) is 5.32 Å². The summed E-state index contributed by atoms with van der Waals surface area (Å²) in [5, 5.41) is 24.9. The molecule has 0 aliphatic carbocycles. The number of phenolic OH excluding ortho intramolecular Hbond substituents is 1. The van der Waals surface area contributed by atoms with Gasteiger partial charge in [0.25, 0.3) is 5.69 Å². The highest BCUT2D eigenvalue weighted by molar-refractivity contribution is 8.15. The summed E-state index contributed by atoms with van der Waals surface area (Å²) in [6.45, 7) is 0. The lowest BCUT2D eigenvalue weighted by Gasteiger charge is -2.07. The van der Waals surface area contributed by atoms with Crippen LogP contribution >= 0.6 is 11.8 Å². The number of anilines is 1. The zero-order valence-electron chi connectivity index (χ0n) is 13.8. The van der Waals surface area contributed by atoms with Crippen molar-refractivity contribution < 1.29 is 19.6 Å². The van der Waals surface area contributed by atoms with Gasteiger partial charge in [-0.2, -0.15) is 0 Å². The normalized spacial score (nSPS) is 17.6. The van der Waals surface area contributed by atoms with Crippen LogP contribution in [-0.4, -0.2) is 32.3 Å². The number of carbonyl (C=O) groups is 2. The molecule has 1 aliphatic rings. The Kier molecular flexibility index (Phi) is 5.36. The first-order valence-corrected chi connectivity index (χ1v) is 8.68. The predicted molar refractivity (Wildman–Crippen MR) is 101 cm³/mol. The summed E-state index contributed by atoms with van der Waals surface area (Å²) in [4.78, 5) is 38.5. The van der Waals surface area contributed by atoms with E-state index in [1.54, 1.807) is 12.1 Å². The summed E-state index contributed by atoms with van der Waals surface area (Å²) < 4.78 is 0. The number of hydrogen-bond acceptors (Lipinski definition) is 7. The number of nitrogens with one attached hydrogen (secondary N) is 2.